The molecule has 0 amide bonds. The number of hydrogen-bond acceptors (Lipinski definition) is 1. The fraction of sp³-hybridized carbons (Fsp3) is 0.182. The predicted octanol–water partition coefficient (Wildman–Crippen LogP) is 5.32. The number of benzene rings is 3. The molecule has 1 nitrogen and oxygen atoms in total. The van der Waals surface area contributed by atoms with Crippen molar-refractivity contribution >= 4 is 0 Å². The Morgan fingerprint density at radius 1 is 0.696 bits per heavy atom. The van der Waals surface area contributed by atoms with Crippen LogP contribution >= 0.6 is 0 Å². The average Bonchev–Trinajstić information content (AvgIpc) is 3.33. The van der Waals surface area contributed by atoms with Crippen molar-refractivity contribution < 1.29 is 4.74 Å². The molecule has 1 aliphatic rings. The van der Waals surface area contributed by atoms with E-state index in [1.165, 1.54) is 27.8 Å². The molecule has 3 aromatic carbocycles. The number of epoxide rings is 1. The van der Waals surface area contributed by atoms with Crippen LogP contribution in [0, 0.1) is 13.8 Å². The summed E-state index contributed by atoms with van der Waals surface area (Å²) in [5.41, 5.74) is 5.86. The predicted molar refractivity (Wildman–Crippen MR) is 93.4 cm³/mol. The van der Waals surface area contributed by atoms with Crippen molar-refractivity contribution in [3.05, 3.63) is 107 Å². The summed E-state index contributed by atoms with van der Waals surface area (Å²) in [5, 5.41) is 0. The lowest BCUT2D eigenvalue weighted by molar-refractivity contribution is 0.329. The van der Waals surface area contributed by atoms with Crippen molar-refractivity contribution in [2.45, 2.75) is 25.6 Å². The third-order valence-corrected chi connectivity index (χ3v) is 4.61. The smallest absolute Gasteiger partial charge is 0.149 e. The van der Waals surface area contributed by atoms with Crippen LogP contribution in [-0.4, -0.2) is 0 Å². The van der Waals surface area contributed by atoms with Crippen LogP contribution in [0.25, 0.3) is 0 Å². The summed E-state index contributed by atoms with van der Waals surface area (Å²) in [5.74, 6) is 0. The third-order valence-electron chi connectivity index (χ3n) is 4.61. The second-order valence-electron chi connectivity index (χ2n) is 6.38. The maximum atomic E-state index is 6.37. The van der Waals surface area contributed by atoms with Gasteiger partial charge in [0.2, 0.25) is 0 Å². The average molecular weight is 300 g/mol. The van der Waals surface area contributed by atoms with Crippen LogP contribution in [0.15, 0.2) is 78.9 Å². The van der Waals surface area contributed by atoms with E-state index >= 15 is 0 Å². The minimum atomic E-state index is -0.362. The molecular formula is C22H20O. The molecule has 0 N–H and O–H groups in total. The van der Waals surface area contributed by atoms with Crippen LogP contribution in [-0.2, 0) is 10.3 Å². The molecule has 0 unspecified atom stereocenters. The van der Waals surface area contributed by atoms with E-state index in [0.29, 0.717) is 0 Å². The largest absolute Gasteiger partial charge is 0.351 e. The van der Waals surface area contributed by atoms with Gasteiger partial charge in [0.25, 0.3) is 0 Å². The molecule has 114 valence electrons. The summed E-state index contributed by atoms with van der Waals surface area (Å²) >= 11 is 0. The molecule has 0 spiro atoms. The summed E-state index contributed by atoms with van der Waals surface area (Å²) in [6.45, 7) is 4.26. The Balaban J connectivity index is 1.86. The number of rotatable bonds is 3. The van der Waals surface area contributed by atoms with E-state index in [1.54, 1.807) is 0 Å². The molecule has 0 bridgehead atoms. The molecule has 4 rings (SSSR count). The Bertz CT molecular complexity index is 790. The molecule has 1 saturated heterocycles. The summed E-state index contributed by atoms with van der Waals surface area (Å²) in [7, 11) is 0. The van der Waals surface area contributed by atoms with Crippen LogP contribution in [0.1, 0.15) is 33.9 Å². The van der Waals surface area contributed by atoms with Gasteiger partial charge in [-0.25, -0.2) is 0 Å². The first kappa shape index (κ1) is 14.2. The zero-order valence-electron chi connectivity index (χ0n) is 13.5. The Morgan fingerprint density at radius 2 is 1.26 bits per heavy atom. The Labute approximate surface area is 137 Å². The summed E-state index contributed by atoms with van der Waals surface area (Å²) in [6, 6.07) is 27.8. The van der Waals surface area contributed by atoms with Gasteiger partial charge in [-0.1, -0.05) is 90.0 Å². The molecule has 0 aromatic heterocycles. The first-order valence-corrected chi connectivity index (χ1v) is 8.07. The van der Waals surface area contributed by atoms with Gasteiger partial charge in [-0.2, -0.15) is 0 Å². The van der Waals surface area contributed by atoms with Gasteiger partial charge in [-0.15, -0.1) is 0 Å². The molecule has 1 atom stereocenters. The Morgan fingerprint density at radius 3 is 1.78 bits per heavy atom. The lowest BCUT2D eigenvalue weighted by Crippen LogP contribution is -2.13. The van der Waals surface area contributed by atoms with Crippen LogP contribution in [0.3, 0.4) is 0 Å². The molecule has 1 fully saturated rings. The molecule has 0 aliphatic carbocycles. The van der Waals surface area contributed by atoms with Crippen LogP contribution in [0.2, 0.25) is 0 Å². The zero-order chi connectivity index (χ0) is 15.9. The second-order valence-corrected chi connectivity index (χ2v) is 6.38. The van der Waals surface area contributed by atoms with Crippen LogP contribution in [0.5, 0.6) is 0 Å². The highest BCUT2D eigenvalue weighted by Gasteiger charge is 2.59. The topological polar surface area (TPSA) is 12.5 Å². The standard InChI is InChI=1S/C22H20O/c1-16-8-6-12-19(14-16)22(20-13-7-9-17(2)15-20)21(23-22)18-10-4-3-5-11-18/h3-15,21H,1-2H3/t21-/m0/s1. The van der Waals surface area contributed by atoms with Gasteiger partial charge in [0, 0.05) is 0 Å². The monoisotopic (exact) mass is 300 g/mol. The van der Waals surface area contributed by atoms with Gasteiger partial charge in [-0.3, -0.25) is 0 Å². The Kier molecular flexibility index (Phi) is 3.32. The van der Waals surface area contributed by atoms with E-state index in [4.69, 9.17) is 4.74 Å². The fourth-order valence-electron chi connectivity index (χ4n) is 3.44. The number of aryl methyl sites for hydroxylation is 2. The molecule has 0 saturated carbocycles. The van der Waals surface area contributed by atoms with E-state index in [1.807, 2.05) is 6.07 Å². The summed E-state index contributed by atoms with van der Waals surface area (Å²) < 4.78 is 6.37. The van der Waals surface area contributed by atoms with Gasteiger partial charge < -0.3 is 4.74 Å². The van der Waals surface area contributed by atoms with E-state index < -0.39 is 0 Å². The molecule has 0 radical (unpaired) electrons. The van der Waals surface area contributed by atoms with Crippen molar-refractivity contribution in [2.24, 2.45) is 0 Å². The maximum Gasteiger partial charge on any atom is 0.149 e. The highest BCUT2D eigenvalue weighted by molar-refractivity contribution is 5.48. The van der Waals surface area contributed by atoms with Gasteiger partial charge in [-0.05, 0) is 30.5 Å². The SMILES string of the molecule is Cc1cccc(C2(c3cccc(C)c3)O[C@H]2c2ccccc2)c1. The first-order valence-electron chi connectivity index (χ1n) is 8.07. The van der Waals surface area contributed by atoms with Gasteiger partial charge in [0.15, 0.2) is 0 Å². The number of ether oxygens (including phenoxy) is 1. The van der Waals surface area contributed by atoms with E-state index in [-0.39, 0.29) is 11.7 Å². The van der Waals surface area contributed by atoms with E-state index in [2.05, 4.69) is 86.6 Å². The first-order chi connectivity index (χ1) is 11.2. The second kappa shape index (κ2) is 5.36. The maximum absolute atomic E-state index is 6.37. The molecule has 3 aromatic rings. The van der Waals surface area contributed by atoms with Crippen molar-refractivity contribution in [3.8, 4) is 0 Å². The molecule has 1 heteroatoms. The Hall–Kier alpha value is -2.38. The van der Waals surface area contributed by atoms with Gasteiger partial charge >= 0.3 is 0 Å². The molecule has 1 aliphatic heterocycles. The van der Waals surface area contributed by atoms with Crippen molar-refractivity contribution in [1.82, 2.24) is 0 Å². The minimum Gasteiger partial charge on any atom is -0.351 e. The van der Waals surface area contributed by atoms with Crippen molar-refractivity contribution in [1.29, 1.82) is 0 Å². The molecule has 23 heavy (non-hydrogen) atoms. The quantitative estimate of drug-likeness (QED) is 0.596. The lowest BCUT2D eigenvalue weighted by Gasteiger charge is -2.16. The van der Waals surface area contributed by atoms with Crippen LogP contribution in [0.4, 0.5) is 0 Å². The fourth-order valence-corrected chi connectivity index (χ4v) is 3.44. The third kappa shape index (κ3) is 2.38. The highest BCUT2D eigenvalue weighted by atomic mass is 16.6. The molecule has 1 heterocycles. The van der Waals surface area contributed by atoms with E-state index in [9.17, 15) is 0 Å². The molecular weight excluding hydrogens is 280 g/mol. The summed E-state index contributed by atoms with van der Waals surface area (Å²) in [4.78, 5) is 0. The normalized spacial score (nSPS) is 18.6. The van der Waals surface area contributed by atoms with Crippen molar-refractivity contribution in [3.63, 3.8) is 0 Å². The number of hydrogen-bond donors (Lipinski definition) is 0. The van der Waals surface area contributed by atoms with Crippen LogP contribution < -0.4 is 0 Å². The zero-order valence-corrected chi connectivity index (χ0v) is 13.5. The minimum absolute atomic E-state index is 0.0762. The lowest BCUT2D eigenvalue weighted by atomic mass is 9.84. The highest BCUT2D eigenvalue weighted by Crippen LogP contribution is 2.61. The summed E-state index contributed by atoms with van der Waals surface area (Å²) in [6.07, 6.45) is 0.0762. The van der Waals surface area contributed by atoms with Crippen molar-refractivity contribution in [2.75, 3.05) is 0 Å². The van der Waals surface area contributed by atoms with E-state index in [0.717, 1.165) is 0 Å². The van der Waals surface area contributed by atoms with Gasteiger partial charge in [0.05, 0.1) is 0 Å². The van der Waals surface area contributed by atoms with Gasteiger partial charge in [0.1, 0.15) is 11.7 Å².